The summed E-state index contributed by atoms with van der Waals surface area (Å²) in [6.45, 7) is 12.3. The Labute approximate surface area is 228 Å². The van der Waals surface area contributed by atoms with Gasteiger partial charge in [0, 0.05) is 37.4 Å². The lowest BCUT2D eigenvalue weighted by Crippen LogP contribution is -2.50. The summed E-state index contributed by atoms with van der Waals surface area (Å²) >= 11 is 0. The third kappa shape index (κ3) is 4.51. The van der Waals surface area contributed by atoms with Crippen molar-refractivity contribution in [2.24, 2.45) is 0 Å². The quantitative estimate of drug-likeness (QED) is 0.413. The van der Waals surface area contributed by atoms with Crippen molar-refractivity contribution >= 4 is 16.9 Å². The Morgan fingerprint density at radius 3 is 2.67 bits per heavy atom. The highest BCUT2D eigenvalue weighted by atomic mass is 16.5. The molecular weight excluding hydrogens is 490 g/mol. The molecule has 3 aromatic heterocycles. The third-order valence-corrected chi connectivity index (χ3v) is 7.34. The molecule has 0 aliphatic carbocycles. The zero-order valence-corrected chi connectivity index (χ0v) is 23.2. The van der Waals surface area contributed by atoms with Crippen LogP contribution >= 0.6 is 0 Å². The number of anilines is 1. The van der Waals surface area contributed by atoms with E-state index in [0.717, 1.165) is 29.9 Å². The first-order valence-electron chi connectivity index (χ1n) is 13.2. The molecule has 1 aliphatic rings. The number of fused-ring (bicyclic) bond motifs is 1. The summed E-state index contributed by atoms with van der Waals surface area (Å²) < 4.78 is 7.29. The van der Waals surface area contributed by atoms with Gasteiger partial charge in [-0.3, -0.25) is 4.98 Å². The van der Waals surface area contributed by atoms with Crippen molar-refractivity contribution in [1.29, 1.82) is 5.26 Å². The highest BCUT2D eigenvalue weighted by molar-refractivity contribution is 5.93. The van der Waals surface area contributed by atoms with E-state index < -0.39 is 5.69 Å². The van der Waals surface area contributed by atoms with Crippen molar-refractivity contribution in [2.75, 3.05) is 31.6 Å². The van der Waals surface area contributed by atoms with Crippen molar-refractivity contribution in [3.63, 3.8) is 0 Å². The van der Waals surface area contributed by atoms with E-state index in [2.05, 4.69) is 33.2 Å². The molecule has 9 nitrogen and oxygen atoms in total. The minimum absolute atomic E-state index is 0.0597. The molecule has 1 fully saturated rings. The van der Waals surface area contributed by atoms with Crippen molar-refractivity contribution in [2.45, 2.75) is 46.6 Å². The highest BCUT2D eigenvalue weighted by Crippen LogP contribution is 2.37. The second kappa shape index (κ2) is 10.5. The van der Waals surface area contributed by atoms with Gasteiger partial charge in [0.05, 0.1) is 35.1 Å². The molecule has 4 aromatic rings. The van der Waals surface area contributed by atoms with Crippen molar-refractivity contribution in [1.82, 2.24) is 24.8 Å². The molecule has 1 N–H and O–H groups in total. The molecule has 0 saturated carbocycles. The lowest BCUT2D eigenvalue weighted by molar-refractivity contribution is 0.413. The number of ether oxygens (including phenoxy) is 1. The van der Waals surface area contributed by atoms with Crippen LogP contribution < -0.4 is 20.6 Å². The van der Waals surface area contributed by atoms with Crippen LogP contribution in [0.5, 0.6) is 5.75 Å². The Morgan fingerprint density at radius 2 is 1.97 bits per heavy atom. The van der Waals surface area contributed by atoms with E-state index in [4.69, 9.17) is 9.72 Å². The van der Waals surface area contributed by atoms with Gasteiger partial charge in [-0.05, 0) is 56.0 Å². The van der Waals surface area contributed by atoms with Crippen LogP contribution in [0.15, 0.2) is 41.3 Å². The number of aromatic nitrogens is 4. The van der Waals surface area contributed by atoms with Crippen molar-refractivity contribution < 1.29 is 4.74 Å². The normalized spacial score (nSPS) is 15.5. The fraction of sp³-hybridized carbons (Fsp3) is 0.367. The van der Waals surface area contributed by atoms with Crippen LogP contribution in [0.25, 0.3) is 28.0 Å². The second-order valence-corrected chi connectivity index (χ2v) is 10.3. The van der Waals surface area contributed by atoms with Crippen LogP contribution in [0.1, 0.15) is 49.1 Å². The number of nitrogens with zero attached hydrogens (tertiary/aromatic N) is 6. The molecule has 39 heavy (non-hydrogen) atoms. The first-order valence-corrected chi connectivity index (χ1v) is 13.2. The number of hydrogen-bond donors (Lipinski definition) is 1. The van der Waals surface area contributed by atoms with E-state index in [1.807, 2.05) is 58.0 Å². The van der Waals surface area contributed by atoms with Gasteiger partial charge in [-0.1, -0.05) is 26.0 Å². The minimum Gasteiger partial charge on any atom is -0.496 e. The molecule has 0 amide bonds. The SMILES string of the molecule is COc1c(C)cccc1-c1nc2c(cc1C#N)c(N1CCNCC1C)nc(=O)n2-c1c(C)ccnc1C(C)C. The van der Waals surface area contributed by atoms with Crippen LogP contribution in [-0.4, -0.2) is 52.3 Å². The highest BCUT2D eigenvalue weighted by Gasteiger charge is 2.27. The maximum atomic E-state index is 14.0. The summed E-state index contributed by atoms with van der Waals surface area (Å²) in [5.41, 5.74) is 4.81. The van der Waals surface area contributed by atoms with E-state index in [1.54, 1.807) is 17.9 Å². The van der Waals surface area contributed by atoms with Gasteiger partial charge in [-0.15, -0.1) is 0 Å². The number of aryl methyl sites for hydroxylation is 2. The predicted octanol–water partition coefficient (Wildman–Crippen LogP) is 4.26. The smallest absolute Gasteiger partial charge is 0.355 e. The van der Waals surface area contributed by atoms with Gasteiger partial charge >= 0.3 is 5.69 Å². The molecule has 1 saturated heterocycles. The largest absolute Gasteiger partial charge is 0.496 e. The van der Waals surface area contributed by atoms with Crippen LogP contribution in [0.2, 0.25) is 0 Å². The number of nitriles is 1. The van der Waals surface area contributed by atoms with Gasteiger partial charge in [0.2, 0.25) is 0 Å². The fourth-order valence-electron chi connectivity index (χ4n) is 5.39. The summed E-state index contributed by atoms with van der Waals surface area (Å²) in [5, 5.41) is 14.3. The predicted molar refractivity (Wildman–Crippen MR) is 153 cm³/mol. The number of para-hydroxylation sites is 1. The van der Waals surface area contributed by atoms with Gasteiger partial charge < -0.3 is 15.0 Å². The molecule has 1 unspecified atom stereocenters. The summed E-state index contributed by atoms with van der Waals surface area (Å²) in [7, 11) is 1.61. The van der Waals surface area contributed by atoms with Gasteiger partial charge in [-0.25, -0.2) is 14.3 Å². The number of rotatable bonds is 5. The third-order valence-electron chi connectivity index (χ3n) is 7.34. The molecule has 1 aliphatic heterocycles. The Kier molecular flexibility index (Phi) is 7.06. The van der Waals surface area contributed by atoms with Crippen LogP contribution in [0.3, 0.4) is 0 Å². The Morgan fingerprint density at radius 1 is 1.18 bits per heavy atom. The van der Waals surface area contributed by atoms with Crippen LogP contribution in [0, 0.1) is 25.2 Å². The topological polar surface area (TPSA) is 109 Å². The molecule has 1 aromatic carbocycles. The lowest BCUT2D eigenvalue weighted by Gasteiger charge is -2.35. The molecule has 5 rings (SSSR count). The van der Waals surface area contributed by atoms with Gasteiger partial charge in [0.15, 0.2) is 5.65 Å². The number of benzene rings is 1. The monoisotopic (exact) mass is 523 g/mol. The molecule has 200 valence electrons. The Bertz CT molecular complexity index is 1670. The summed E-state index contributed by atoms with van der Waals surface area (Å²) in [6.07, 6.45) is 1.76. The summed E-state index contributed by atoms with van der Waals surface area (Å²) in [6, 6.07) is 11.9. The molecular formula is C30H33N7O2. The van der Waals surface area contributed by atoms with Crippen LogP contribution in [0.4, 0.5) is 5.82 Å². The van der Waals surface area contributed by atoms with Gasteiger partial charge in [-0.2, -0.15) is 10.2 Å². The van der Waals surface area contributed by atoms with Crippen molar-refractivity contribution in [3.8, 4) is 28.8 Å². The molecule has 9 heteroatoms. The maximum Gasteiger partial charge on any atom is 0.355 e. The zero-order chi connectivity index (χ0) is 27.8. The number of pyridine rings is 2. The molecule has 4 heterocycles. The maximum absolute atomic E-state index is 14.0. The second-order valence-electron chi connectivity index (χ2n) is 10.3. The summed E-state index contributed by atoms with van der Waals surface area (Å²) in [4.78, 5) is 30.4. The van der Waals surface area contributed by atoms with E-state index in [-0.39, 0.29) is 12.0 Å². The van der Waals surface area contributed by atoms with E-state index in [9.17, 15) is 10.1 Å². The minimum atomic E-state index is -0.430. The molecule has 0 radical (unpaired) electrons. The van der Waals surface area contributed by atoms with Crippen LogP contribution in [-0.2, 0) is 0 Å². The Hall–Kier alpha value is -4.29. The summed E-state index contributed by atoms with van der Waals surface area (Å²) in [5.74, 6) is 1.24. The van der Waals surface area contributed by atoms with E-state index in [1.165, 1.54) is 0 Å². The average Bonchev–Trinajstić information content (AvgIpc) is 2.92. The first kappa shape index (κ1) is 26.3. The number of methoxy groups -OCH3 is 1. The van der Waals surface area contributed by atoms with Gasteiger partial charge in [0.25, 0.3) is 0 Å². The number of piperazine rings is 1. The molecule has 0 spiro atoms. The lowest BCUT2D eigenvalue weighted by atomic mass is 10.0. The standard InChI is InChI=1S/C30H33N7O2/c1-17(2)24-26(18(3)10-11-33-24)37-29-23(28(35-30(37)38)36-13-12-32-16-20(36)5)14-21(15-31)25(34-29)22-9-7-8-19(4)27(22)39-6/h7-11,14,17,20,32H,12-13,16H2,1-6H3. The molecule has 0 bridgehead atoms. The number of hydrogen-bond acceptors (Lipinski definition) is 8. The van der Waals surface area contributed by atoms with E-state index >= 15 is 0 Å². The first-order chi connectivity index (χ1) is 18.8. The zero-order valence-electron chi connectivity index (χ0n) is 23.2. The fourth-order valence-corrected chi connectivity index (χ4v) is 5.39. The van der Waals surface area contributed by atoms with Crippen molar-refractivity contribution in [3.05, 3.63) is 69.4 Å². The molecule has 1 atom stereocenters. The van der Waals surface area contributed by atoms with E-state index in [0.29, 0.717) is 51.7 Å². The Balaban J connectivity index is 1.95. The van der Waals surface area contributed by atoms with Gasteiger partial charge in [0.1, 0.15) is 17.6 Å². The number of nitrogens with one attached hydrogen (secondary N) is 1. The average molecular weight is 524 g/mol.